The van der Waals surface area contributed by atoms with E-state index in [0.717, 1.165) is 24.5 Å². The van der Waals surface area contributed by atoms with Gasteiger partial charge in [0.25, 0.3) is 0 Å². The zero-order valence-corrected chi connectivity index (χ0v) is 14.3. The van der Waals surface area contributed by atoms with Gasteiger partial charge in [-0.2, -0.15) is 0 Å². The van der Waals surface area contributed by atoms with Gasteiger partial charge in [-0.1, -0.05) is 23.4 Å². The van der Waals surface area contributed by atoms with E-state index in [1.165, 1.54) is 0 Å². The van der Waals surface area contributed by atoms with Gasteiger partial charge in [-0.05, 0) is 18.2 Å². The summed E-state index contributed by atoms with van der Waals surface area (Å²) in [6.45, 7) is 2.77. The highest BCUT2D eigenvalue weighted by atomic mass is 16.2. The van der Waals surface area contributed by atoms with Gasteiger partial charge in [-0.15, -0.1) is 5.10 Å². The second-order valence-electron chi connectivity index (χ2n) is 6.07. The minimum atomic E-state index is 0.0816. The maximum absolute atomic E-state index is 12.7. The Morgan fingerprint density at radius 2 is 1.69 bits per heavy atom. The molecule has 0 bridgehead atoms. The normalized spacial score (nSPS) is 14.5. The molecule has 26 heavy (non-hydrogen) atoms. The Bertz CT molecular complexity index is 858. The summed E-state index contributed by atoms with van der Waals surface area (Å²) >= 11 is 0. The van der Waals surface area contributed by atoms with E-state index in [1.54, 1.807) is 29.3 Å². The second-order valence-corrected chi connectivity index (χ2v) is 6.07. The molecule has 2 aromatic heterocycles. The molecule has 0 spiro atoms. The van der Waals surface area contributed by atoms with Gasteiger partial charge in [0, 0.05) is 38.6 Å². The summed E-state index contributed by atoms with van der Waals surface area (Å²) in [5.41, 5.74) is 1.69. The van der Waals surface area contributed by atoms with Gasteiger partial charge in [0.05, 0.1) is 24.0 Å². The first kappa shape index (κ1) is 16.2. The van der Waals surface area contributed by atoms with Gasteiger partial charge in [0.1, 0.15) is 0 Å². The van der Waals surface area contributed by atoms with E-state index in [1.807, 2.05) is 35.2 Å². The molecule has 0 N–H and O–H groups in total. The summed E-state index contributed by atoms with van der Waals surface area (Å²) in [6, 6.07) is 11.5. The Morgan fingerprint density at radius 3 is 2.42 bits per heavy atom. The number of carbonyl (C=O) groups excluding carboxylic acids is 1. The van der Waals surface area contributed by atoms with Crippen LogP contribution in [0.2, 0.25) is 0 Å². The van der Waals surface area contributed by atoms with E-state index in [-0.39, 0.29) is 12.3 Å². The summed E-state index contributed by atoms with van der Waals surface area (Å²) in [7, 11) is 0. The number of rotatable bonds is 4. The minimum absolute atomic E-state index is 0.0816. The first-order chi connectivity index (χ1) is 12.8. The molecular weight excluding hydrogens is 330 g/mol. The standard InChI is InChI=1S/C18H19N7O/c26-17(13-16-14-21-22-25(16)15-5-2-1-3-6-15)23-9-11-24(12-10-23)18-19-7-4-8-20-18/h1-8,14H,9-13H2. The largest absolute Gasteiger partial charge is 0.339 e. The number of carbonyl (C=O) groups is 1. The van der Waals surface area contributed by atoms with Gasteiger partial charge in [-0.25, -0.2) is 14.6 Å². The number of piperazine rings is 1. The summed E-state index contributed by atoms with van der Waals surface area (Å²) in [4.78, 5) is 25.2. The Hall–Kier alpha value is -3.29. The number of hydrogen-bond donors (Lipinski definition) is 0. The molecular formula is C18H19N7O. The van der Waals surface area contributed by atoms with Crippen molar-refractivity contribution < 1.29 is 4.79 Å². The summed E-state index contributed by atoms with van der Waals surface area (Å²) in [5, 5.41) is 8.07. The fourth-order valence-corrected chi connectivity index (χ4v) is 3.04. The number of benzene rings is 1. The van der Waals surface area contributed by atoms with Gasteiger partial charge >= 0.3 is 0 Å². The van der Waals surface area contributed by atoms with Gasteiger partial charge < -0.3 is 9.80 Å². The van der Waals surface area contributed by atoms with Crippen molar-refractivity contribution in [1.29, 1.82) is 0 Å². The third kappa shape index (κ3) is 3.39. The van der Waals surface area contributed by atoms with Crippen LogP contribution < -0.4 is 4.90 Å². The maximum atomic E-state index is 12.7. The zero-order valence-electron chi connectivity index (χ0n) is 14.3. The van der Waals surface area contributed by atoms with Crippen LogP contribution >= 0.6 is 0 Å². The molecule has 0 radical (unpaired) electrons. The highest BCUT2D eigenvalue weighted by Crippen LogP contribution is 2.13. The summed E-state index contributed by atoms with van der Waals surface area (Å²) in [5.74, 6) is 0.795. The Morgan fingerprint density at radius 1 is 0.962 bits per heavy atom. The van der Waals surface area contributed by atoms with Gasteiger partial charge in [0.15, 0.2) is 0 Å². The zero-order chi connectivity index (χ0) is 17.8. The molecule has 1 aliphatic rings. The average Bonchev–Trinajstić information content (AvgIpc) is 3.17. The quantitative estimate of drug-likeness (QED) is 0.698. The smallest absolute Gasteiger partial charge is 0.228 e. The molecule has 8 heteroatoms. The Kier molecular flexibility index (Phi) is 4.55. The lowest BCUT2D eigenvalue weighted by Gasteiger charge is -2.34. The lowest BCUT2D eigenvalue weighted by molar-refractivity contribution is -0.130. The van der Waals surface area contributed by atoms with Gasteiger partial charge in [0.2, 0.25) is 11.9 Å². The number of amides is 1. The van der Waals surface area contributed by atoms with Crippen molar-refractivity contribution >= 4 is 11.9 Å². The number of hydrogen-bond acceptors (Lipinski definition) is 6. The lowest BCUT2D eigenvalue weighted by Crippen LogP contribution is -2.49. The Labute approximate surface area is 151 Å². The van der Waals surface area contributed by atoms with Crippen molar-refractivity contribution in [2.24, 2.45) is 0 Å². The van der Waals surface area contributed by atoms with Crippen molar-refractivity contribution in [3.63, 3.8) is 0 Å². The number of anilines is 1. The molecule has 4 rings (SSSR count). The molecule has 1 aliphatic heterocycles. The van der Waals surface area contributed by atoms with Crippen molar-refractivity contribution in [3.05, 3.63) is 60.7 Å². The highest BCUT2D eigenvalue weighted by Gasteiger charge is 2.23. The third-order valence-electron chi connectivity index (χ3n) is 4.42. The van der Waals surface area contributed by atoms with E-state index in [0.29, 0.717) is 19.0 Å². The Balaban J connectivity index is 1.39. The monoisotopic (exact) mass is 349 g/mol. The highest BCUT2D eigenvalue weighted by molar-refractivity contribution is 5.78. The van der Waals surface area contributed by atoms with Crippen molar-refractivity contribution in [3.8, 4) is 5.69 Å². The van der Waals surface area contributed by atoms with E-state index >= 15 is 0 Å². The number of nitrogens with zero attached hydrogens (tertiary/aromatic N) is 7. The molecule has 1 fully saturated rings. The van der Waals surface area contributed by atoms with E-state index < -0.39 is 0 Å². The fraction of sp³-hybridized carbons (Fsp3) is 0.278. The maximum Gasteiger partial charge on any atom is 0.228 e. The number of aromatic nitrogens is 5. The van der Waals surface area contributed by atoms with Crippen LogP contribution in [0.4, 0.5) is 5.95 Å². The topological polar surface area (TPSA) is 80.0 Å². The lowest BCUT2D eigenvalue weighted by atomic mass is 10.2. The molecule has 132 valence electrons. The second kappa shape index (κ2) is 7.30. The van der Waals surface area contributed by atoms with E-state index in [2.05, 4.69) is 25.2 Å². The van der Waals surface area contributed by atoms with Crippen LogP contribution in [0.5, 0.6) is 0 Å². The van der Waals surface area contributed by atoms with Crippen LogP contribution in [0.25, 0.3) is 5.69 Å². The van der Waals surface area contributed by atoms with Gasteiger partial charge in [-0.3, -0.25) is 4.79 Å². The first-order valence-corrected chi connectivity index (χ1v) is 8.56. The van der Waals surface area contributed by atoms with Crippen molar-refractivity contribution in [2.75, 3.05) is 31.1 Å². The molecule has 1 aromatic carbocycles. The fourth-order valence-electron chi connectivity index (χ4n) is 3.04. The summed E-state index contributed by atoms with van der Waals surface area (Å²) in [6.07, 6.45) is 5.40. The average molecular weight is 349 g/mol. The first-order valence-electron chi connectivity index (χ1n) is 8.56. The molecule has 1 amide bonds. The molecule has 3 heterocycles. The molecule has 0 saturated carbocycles. The number of para-hydroxylation sites is 1. The van der Waals surface area contributed by atoms with Crippen LogP contribution in [0.15, 0.2) is 55.0 Å². The van der Waals surface area contributed by atoms with Crippen LogP contribution in [0, 0.1) is 0 Å². The molecule has 0 unspecified atom stereocenters. The molecule has 0 aliphatic carbocycles. The van der Waals surface area contributed by atoms with Crippen molar-refractivity contribution in [1.82, 2.24) is 29.9 Å². The van der Waals surface area contributed by atoms with Crippen molar-refractivity contribution in [2.45, 2.75) is 6.42 Å². The SMILES string of the molecule is O=C(Cc1cnnn1-c1ccccc1)N1CCN(c2ncccn2)CC1. The third-order valence-corrected chi connectivity index (χ3v) is 4.42. The minimum Gasteiger partial charge on any atom is -0.339 e. The molecule has 0 atom stereocenters. The molecule has 8 nitrogen and oxygen atoms in total. The van der Waals surface area contributed by atoms with E-state index in [9.17, 15) is 4.79 Å². The van der Waals surface area contributed by atoms with Crippen LogP contribution in [0.1, 0.15) is 5.69 Å². The molecule has 3 aromatic rings. The van der Waals surface area contributed by atoms with Crippen LogP contribution in [-0.2, 0) is 11.2 Å². The van der Waals surface area contributed by atoms with Crippen LogP contribution in [0.3, 0.4) is 0 Å². The van der Waals surface area contributed by atoms with Crippen LogP contribution in [-0.4, -0.2) is 61.9 Å². The predicted octanol–water partition coefficient (Wildman–Crippen LogP) is 0.949. The predicted molar refractivity (Wildman–Crippen MR) is 95.9 cm³/mol. The van der Waals surface area contributed by atoms with E-state index in [4.69, 9.17) is 0 Å². The summed E-state index contributed by atoms with van der Waals surface area (Å²) < 4.78 is 1.71. The molecule has 1 saturated heterocycles.